The zero-order valence-electron chi connectivity index (χ0n) is 7.70. The summed E-state index contributed by atoms with van der Waals surface area (Å²) >= 11 is 0. The summed E-state index contributed by atoms with van der Waals surface area (Å²) in [7, 11) is 0. The fourth-order valence-corrected chi connectivity index (χ4v) is 1.02. The van der Waals surface area contributed by atoms with Crippen molar-refractivity contribution >= 4 is 0 Å². The molecule has 0 rings (SSSR count). The van der Waals surface area contributed by atoms with Crippen molar-refractivity contribution in [1.82, 2.24) is 0 Å². The first-order valence-corrected chi connectivity index (χ1v) is 4.51. The molecule has 0 aromatic heterocycles. The lowest BCUT2D eigenvalue weighted by Gasteiger charge is -2.16. The first kappa shape index (κ1) is 10.9. The molecule has 1 nitrogen and oxygen atoms in total. The van der Waals surface area contributed by atoms with Crippen LogP contribution in [0.15, 0.2) is 0 Å². The molecule has 11 heavy (non-hydrogen) atoms. The Bertz CT molecular complexity index is 91.6. The van der Waals surface area contributed by atoms with Crippen LogP contribution >= 0.6 is 0 Å². The summed E-state index contributed by atoms with van der Waals surface area (Å²) in [5.41, 5.74) is 4.11. The number of hydrogen-bond donors (Lipinski definition) is 1. The van der Waals surface area contributed by atoms with Crippen molar-refractivity contribution in [1.29, 1.82) is 0 Å². The molecule has 0 aliphatic rings. The van der Waals surface area contributed by atoms with E-state index in [0.29, 0.717) is 6.42 Å². The van der Waals surface area contributed by atoms with Crippen LogP contribution in [0.25, 0.3) is 0 Å². The lowest BCUT2D eigenvalue weighted by atomic mass is 10.0. The number of rotatable bonds is 6. The van der Waals surface area contributed by atoms with Crippen molar-refractivity contribution < 1.29 is 4.39 Å². The molecule has 0 spiro atoms. The van der Waals surface area contributed by atoms with E-state index in [0.717, 1.165) is 12.8 Å². The summed E-state index contributed by atoms with van der Waals surface area (Å²) in [6.07, 6.45) is 5.13. The van der Waals surface area contributed by atoms with Gasteiger partial charge in [-0.05, 0) is 13.3 Å². The van der Waals surface area contributed by atoms with Gasteiger partial charge in [0.25, 0.3) is 0 Å². The van der Waals surface area contributed by atoms with E-state index < -0.39 is 5.67 Å². The SMILES string of the molecule is CCCCCCC(C)(F)CN. The first-order valence-electron chi connectivity index (χ1n) is 4.51. The molecule has 68 valence electrons. The van der Waals surface area contributed by atoms with Gasteiger partial charge in [-0.1, -0.05) is 32.6 Å². The van der Waals surface area contributed by atoms with Crippen LogP contribution in [0.1, 0.15) is 46.0 Å². The highest BCUT2D eigenvalue weighted by Gasteiger charge is 2.19. The van der Waals surface area contributed by atoms with Gasteiger partial charge >= 0.3 is 0 Å². The van der Waals surface area contributed by atoms with Gasteiger partial charge in [0.2, 0.25) is 0 Å². The second kappa shape index (κ2) is 5.53. The lowest BCUT2D eigenvalue weighted by molar-refractivity contribution is 0.180. The Morgan fingerprint density at radius 1 is 1.27 bits per heavy atom. The van der Waals surface area contributed by atoms with Gasteiger partial charge in [-0.25, -0.2) is 4.39 Å². The van der Waals surface area contributed by atoms with Crippen LogP contribution in [-0.4, -0.2) is 12.2 Å². The average molecular weight is 161 g/mol. The van der Waals surface area contributed by atoms with E-state index in [1.54, 1.807) is 6.92 Å². The quantitative estimate of drug-likeness (QED) is 0.595. The Balaban J connectivity index is 3.23. The Morgan fingerprint density at radius 2 is 1.91 bits per heavy atom. The molecule has 0 bridgehead atoms. The predicted molar refractivity (Wildman–Crippen MR) is 47.3 cm³/mol. The normalized spacial score (nSPS) is 16.4. The van der Waals surface area contributed by atoms with E-state index in [4.69, 9.17) is 5.73 Å². The Labute approximate surface area is 69.2 Å². The second-order valence-electron chi connectivity index (χ2n) is 3.43. The molecule has 0 radical (unpaired) electrons. The first-order chi connectivity index (χ1) is 5.12. The summed E-state index contributed by atoms with van der Waals surface area (Å²) in [4.78, 5) is 0. The van der Waals surface area contributed by atoms with Crippen molar-refractivity contribution in [2.75, 3.05) is 6.54 Å². The third-order valence-corrected chi connectivity index (χ3v) is 1.98. The van der Waals surface area contributed by atoms with Crippen molar-refractivity contribution in [3.8, 4) is 0 Å². The van der Waals surface area contributed by atoms with Crippen LogP contribution in [0.3, 0.4) is 0 Å². The van der Waals surface area contributed by atoms with Gasteiger partial charge in [-0.2, -0.15) is 0 Å². The molecular weight excluding hydrogens is 141 g/mol. The van der Waals surface area contributed by atoms with Crippen molar-refractivity contribution in [3.05, 3.63) is 0 Å². The zero-order chi connectivity index (χ0) is 8.74. The third-order valence-electron chi connectivity index (χ3n) is 1.98. The average Bonchev–Trinajstić information content (AvgIpc) is 1.99. The minimum atomic E-state index is -1.13. The van der Waals surface area contributed by atoms with E-state index >= 15 is 0 Å². The van der Waals surface area contributed by atoms with Gasteiger partial charge in [0.1, 0.15) is 5.67 Å². The van der Waals surface area contributed by atoms with Crippen LogP contribution in [0.5, 0.6) is 0 Å². The molecule has 0 aromatic rings. The molecule has 2 N–H and O–H groups in total. The fraction of sp³-hybridized carbons (Fsp3) is 1.00. The third kappa shape index (κ3) is 6.29. The number of hydrogen-bond acceptors (Lipinski definition) is 1. The maximum absolute atomic E-state index is 13.1. The highest BCUT2D eigenvalue weighted by Crippen LogP contribution is 2.17. The van der Waals surface area contributed by atoms with E-state index in [2.05, 4.69) is 6.92 Å². The van der Waals surface area contributed by atoms with E-state index in [1.165, 1.54) is 12.8 Å². The molecule has 0 aliphatic carbocycles. The molecule has 0 saturated heterocycles. The van der Waals surface area contributed by atoms with Crippen molar-refractivity contribution in [3.63, 3.8) is 0 Å². The van der Waals surface area contributed by atoms with Crippen LogP contribution < -0.4 is 5.73 Å². The molecule has 2 heteroatoms. The van der Waals surface area contributed by atoms with E-state index in [1.807, 2.05) is 0 Å². The van der Waals surface area contributed by atoms with Crippen LogP contribution in [0, 0.1) is 0 Å². The summed E-state index contributed by atoms with van der Waals surface area (Å²) < 4.78 is 13.1. The molecule has 0 heterocycles. The Morgan fingerprint density at radius 3 is 2.36 bits per heavy atom. The standard InChI is InChI=1S/C9H20FN/c1-3-4-5-6-7-9(2,10)8-11/h3-8,11H2,1-2H3. The maximum Gasteiger partial charge on any atom is 0.120 e. The molecule has 0 amide bonds. The molecular formula is C9H20FN. The van der Waals surface area contributed by atoms with Gasteiger partial charge in [0, 0.05) is 6.54 Å². The zero-order valence-corrected chi connectivity index (χ0v) is 7.70. The predicted octanol–water partition coefficient (Wildman–Crippen LogP) is 2.64. The Hall–Kier alpha value is -0.110. The smallest absolute Gasteiger partial charge is 0.120 e. The molecule has 0 saturated carbocycles. The number of unbranched alkanes of at least 4 members (excludes halogenated alkanes) is 3. The summed E-state index contributed by atoms with van der Waals surface area (Å²) in [6, 6.07) is 0. The molecule has 1 atom stereocenters. The van der Waals surface area contributed by atoms with E-state index in [9.17, 15) is 4.39 Å². The number of halogens is 1. The molecule has 0 aliphatic heterocycles. The van der Waals surface area contributed by atoms with Crippen LogP contribution in [0.4, 0.5) is 4.39 Å². The number of nitrogens with two attached hydrogens (primary N) is 1. The van der Waals surface area contributed by atoms with Crippen LogP contribution in [-0.2, 0) is 0 Å². The number of alkyl halides is 1. The van der Waals surface area contributed by atoms with E-state index in [-0.39, 0.29) is 6.54 Å². The van der Waals surface area contributed by atoms with Crippen molar-refractivity contribution in [2.45, 2.75) is 51.6 Å². The maximum atomic E-state index is 13.1. The molecule has 0 aromatic carbocycles. The monoisotopic (exact) mass is 161 g/mol. The minimum absolute atomic E-state index is 0.152. The van der Waals surface area contributed by atoms with Gasteiger partial charge in [-0.3, -0.25) is 0 Å². The highest BCUT2D eigenvalue weighted by molar-refractivity contribution is 4.73. The molecule has 1 unspecified atom stereocenters. The summed E-state index contributed by atoms with van der Waals surface area (Å²) in [5.74, 6) is 0. The van der Waals surface area contributed by atoms with Crippen molar-refractivity contribution in [2.24, 2.45) is 5.73 Å². The second-order valence-corrected chi connectivity index (χ2v) is 3.43. The Kier molecular flexibility index (Phi) is 5.47. The fourth-order valence-electron chi connectivity index (χ4n) is 1.02. The molecule has 0 fully saturated rings. The largest absolute Gasteiger partial charge is 0.328 e. The topological polar surface area (TPSA) is 26.0 Å². The highest BCUT2D eigenvalue weighted by atomic mass is 19.1. The van der Waals surface area contributed by atoms with Crippen LogP contribution in [0.2, 0.25) is 0 Å². The van der Waals surface area contributed by atoms with Gasteiger partial charge in [-0.15, -0.1) is 0 Å². The van der Waals surface area contributed by atoms with Gasteiger partial charge < -0.3 is 5.73 Å². The summed E-state index contributed by atoms with van der Waals surface area (Å²) in [5, 5.41) is 0. The summed E-state index contributed by atoms with van der Waals surface area (Å²) in [6.45, 7) is 3.88. The minimum Gasteiger partial charge on any atom is -0.328 e. The van der Waals surface area contributed by atoms with Gasteiger partial charge in [0.15, 0.2) is 0 Å². The lowest BCUT2D eigenvalue weighted by Crippen LogP contribution is -2.28. The van der Waals surface area contributed by atoms with Gasteiger partial charge in [0.05, 0.1) is 0 Å².